The molecule has 0 aliphatic carbocycles. The molecule has 32 heavy (non-hydrogen) atoms. The number of carbonyl (C=O) groups excluding carboxylic acids is 1. The maximum absolute atomic E-state index is 12.2. The summed E-state index contributed by atoms with van der Waals surface area (Å²) in [6.45, 7) is 4.06. The van der Waals surface area contributed by atoms with E-state index >= 15 is 0 Å². The van der Waals surface area contributed by atoms with Crippen LogP contribution in [0.15, 0.2) is 60.7 Å². The third-order valence-corrected chi connectivity index (χ3v) is 5.48. The molecule has 2 N–H and O–H groups in total. The van der Waals surface area contributed by atoms with E-state index in [0.717, 1.165) is 35.9 Å². The van der Waals surface area contributed by atoms with Crippen molar-refractivity contribution >= 4 is 46.7 Å². The van der Waals surface area contributed by atoms with Crippen molar-refractivity contribution in [3.8, 4) is 0 Å². The molecule has 6 nitrogen and oxygen atoms in total. The van der Waals surface area contributed by atoms with Crippen molar-refractivity contribution in [3.05, 3.63) is 77.0 Å². The SMILES string of the molecule is Cc1cc(N2CCCCC2)nc(Nc2ccc(NC(=O)/C=C/c3ccc(Cl)cc3)cc2)n1. The van der Waals surface area contributed by atoms with Gasteiger partial charge in [0.05, 0.1) is 0 Å². The summed E-state index contributed by atoms with van der Waals surface area (Å²) in [6.07, 6.45) is 6.93. The van der Waals surface area contributed by atoms with Gasteiger partial charge in [0.1, 0.15) is 5.82 Å². The molecule has 0 radical (unpaired) electrons. The number of amides is 1. The van der Waals surface area contributed by atoms with Crippen LogP contribution in [0.1, 0.15) is 30.5 Å². The van der Waals surface area contributed by atoms with Crippen LogP contribution < -0.4 is 15.5 Å². The molecule has 3 aromatic rings. The molecule has 164 valence electrons. The van der Waals surface area contributed by atoms with Gasteiger partial charge < -0.3 is 15.5 Å². The lowest BCUT2D eigenvalue weighted by Gasteiger charge is -2.28. The fraction of sp³-hybridized carbons (Fsp3) is 0.240. The van der Waals surface area contributed by atoms with Gasteiger partial charge in [-0.25, -0.2) is 4.98 Å². The molecule has 0 atom stereocenters. The lowest BCUT2D eigenvalue weighted by Crippen LogP contribution is -2.30. The summed E-state index contributed by atoms with van der Waals surface area (Å²) >= 11 is 5.88. The first kappa shape index (κ1) is 21.8. The highest BCUT2D eigenvalue weighted by Gasteiger charge is 2.14. The van der Waals surface area contributed by atoms with Gasteiger partial charge in [0.2, 0.25) is 11.9 Å². The molecule has 4 rings (SSSR count). The molecule has 0 spiro atoms. The molecule has 1 fully saturated rings. The quantitative estimate of drug-likeness (QED) is 0.465. The van der Waals surface area contributed by atoms with E-state index in [1.165, 1.54) is 25.3 Å². The Morgan fingerprint density at radius 2 is 1.66 bits per heavy atom. The van der Waals surface area contributed by atoms with E-state index < -0.39 is 0 Å². The Labute approximate surface area is 193 Å². The maximum Gasteiger partial charge on any atom is 0.248 e. The number of halogens is 1. The van der Waals surface area contributed by atoms with Gasteiger partial charge in [0.25, 0.3) is 0 Å². The average molecular weight is 448 g/mol. The second-order valence-electron chi connectivity index (χ2n) is 7.82. The summed E-state index contributed by atoms with van der Waals surface area (Å²) in [5.41, 5.74) is 3.40. The van der Waals surface area contributed by atoms with Crippen LogP contribution in [0.4, 0.5) is 23.1 Å². The number of hydrogen-bond acceptors (Lipinski definition) is 5. The Bertz CT molecular complexity index is 1090. The Hall–Kier alpha value is -3.38. The third-order valence-electron chi connectivity index (χ3n) is 5.23. The number of hydrogen-bond donors (Lipinski definition) is 2. The summed E-state index contributed by atoms with van der Waals surface area (Å²) in [4.78, 5) is 23.7. The van der Waals surface area contributed by atoms with Gasteiger partial charge in [-0.3, -0.25) is 4.79 Å². The molecule has 0 unspecified atom stereocenters. The predicted octanol–water partition coefficient (Wildman–Crippen LogP) is 5.82. The van der Waals surface area contributed by atoms with Crippen molar-refractivity contribution in [3.63, 3.8) is 0 Å². The molecular weight excluding hydrogens is 422 g/mol. The molecule has 1 aliphatic heterocycles. The lowest BCUT2D eigenvalue weighted by molar-refractivity contribution is -0.111. The highest BCUT2D eigenvalue weighted by atomic mass is 35.5. The van der Waals surface area contributed by atoms with Crippen molar-refractivity contribution in [2.24, 2.45) is 0 Å². The van der Waals surface area contributed by atoms with Gasteiger partial charge in [0.15, 0.2) is 0 Å². The second kappa shape index (κ2) is 10.3. The van der Waals surface area contributed by atoms with Crippen LogP contribution >= 0.6 is 11.6 Å². The topological polar surface area (TPSA) is 70.2 Å². The van der Waals surface area contributed by atoms with E-state index in [1.54, 1.807) is 18.2 Å². The summed E-state index contributed by atoms with van der Waals surface area (Å²) < 4.78 is 0. The number of anilines is 4. The van der Waals surface area contributed by atoms with Crippen LogP contribution in [-0.4, -0.2) is 29.0 Å². The minimum absolute atomic E-state index is 0.200. The van der Waals surface area contributed by atoms with Gasteiger partial charge in [-0.05, 0) is 74.2 Å². The fourth-order valence-corrected chi connectivity index (χ4v) is 3.71. The van der Waals surface area contributed by atoms with Gasteiger partial charge in [0, 0.05) is 47.3 Å². The summed E-state index contributed by atoms with van der Waals surface area (Å²) in [5, 5.41) is 6.79. The first-order valence-corrected chi connectivity index (χ1v) is 11.2. The van der Waals surface area contributed by atoms with Crippen LogP contribution in [0.3, 0.4) is 0 Å². The van der Waals surface area contributed by atoms with E-state index in [9.17, 15) is 4.79 Å². The first-order chi connectivity index (χ1) is 15.5. The van der Waals surface area contributed by atoms with Crippen LogP contribution in [-0.2, 0) is 4.79 Å². The van der Waals surface area contributed by atoms with E-state index in [4.69, 9.17) is 16.6 Å². The molecule has 1 saturated heterocycles. The van der Waals surface area contributed by atoms with Crippen molar-refractivity contribution in [2.45, 2.75) is 26.2 Å². The van der Waals surface area contributed by atoms with Crippen molar-refractivity contribution in [1.82, 2.24) is 9.97 Å². The molecule has 2 heterocycles. The predicted molar refractivity (Wildman–Crippen MR) is 132 cm³/mol. The van der Waals surface area contributed by atoms with Crippen LogP contribution in [0.2, 0.25) is 5.02 Å². The molecule has 0 bridgehead atoms. The molecule has 7 heteroatoms. The summed E-state index contributed by atoms with van der Waals surface area (Å²) in [7, 11) is 0. The molecule has 2 aromatic carbocycles. The zero-order valence-electron chi connectivity index (χ0n) is 18.0. The number of piperidine rings is 1. The molecular formula is C25H26ClN5O. The van der Waals surface area contributed by atoms with E-state index in [1.807, 2.05) is 49.4 Å². The second-order valence-corrected chi connectivity index (χ2v) is 8.25. The fourth-order valence-electron chi connectivity index (χ4n) is 3.59. The van der Waals surface area contributed by atoms with Crippen LogP contribution in [0, 0.1) is 6.92 Å². The van der Waals surface area contributed by atoms with Gasteiger partial charge in [-0.1, -0.05) is 23.7 Å². The van der Waals surface area contributed by atoms with Gasteiger partial charge >= 0.3 is 0 Å². The van der Waals surface area contributed by atoms with Crippen molar-refractivity contribution in [2.75, 3.05) is 28.6 Å². The molecule has 1 aromatic heterocycles. The number of aromatic nitrogens is 2. The number of nitrogens with one attached hydrogen (secondary N) is 2. The average Bonchev–Trinajstić information content (AvgIpc) is 2.80. The van der Waals surface area contributed by atoms with E-state index in [2.05, 4.69) is 20.5 Å². The number of benzene rings is 2. The normalized spacial score (nSPS) is 13.9. The number of nitrogens with zero attached hydrogens (tertiary/aromatic N) is 3. The van der Waals surface area contributed by atoms with E-state index in [0.29, 0.717) is 16.7 Å². The Morgan fingerprint density at radius 3 is 2.38 bits per heavy atom. The molecule has 1 aliphatic rings. The van der Waals surface area contributed by atoms with Crippen molar-refractivity contribution < 1.29 is 4.79 Å². The van der Waals surface area contributed by atoms with E-state index in [-0.39, 0.29) is 5.91 Å². The smallest absolute Gasteiger partial charge is 0.248 e. The zero-order chi connectivity index (χ0) is 22.3. The first-order valence-electron chi connectivity index (χ1n) is 10.8. The molecule has 0 saturated carbocycles. The van der Waals surface area contributed by atoms with Crippen LogP contribution in [0.25, 0.3) is 6.08 Å². The Kier molecular flexibility index (Phi) is 7.02. The largest absolute Gasteiger partial charge is 0.356 e. The lowest BCUT2D eigenvalue weighted by atomic mass is 10.1. The Balaban J connectivity index is 1.37. The Morgan fingerprint density at radius 1 is 0.969 bits per heavy atom. The van der Waals surface area contributed by atoms with Crippen LogP contribution in [0.5, 0.6) is 0 Å². The monoisotopic (exact) mass is 447 g/mol. The number of aryl methyl sites for hydroxylation is 1. The third kappa shape index (κ3) is 6.08. The minimum atomic E-state index is -0.200. The highest BCUT2D eigenvalue weighted by Crippen LogP contribution is 2.22. The van der Waals surface area contributed by atoms with Crippen molar-refractivity contribution in [1.29, 1.82) is 0 Å². The standard InChI is InChI=1S/C25H26ClN5O/c1-18-17-23(31-15-3-2-4-16-31)30-25(27-18)29-22-12-10-21(11-13-22)28-24(32)14-7-19-5-8-20(26)9-6-19/h5-14,17H,2-4,15-16H2,1H3,(H,28,32)(H,27,29,30)/b14-7+. The zero-order valence-corrected chi connectivity index (χ0v) is 18.8. The summed E-state index contributed by atoms with van der Waals surface area (Å²) in [5.74, 6) is 1.35. The molecule has 1 amide bonds. The minimum Gasteiger partial charge on any atom is -0.356 e. The number of carbonyl (C=O) groups is 1. The van der Waals surface area contributed by atoms with Gasteiger partial charge in [-0.2, -0.15) is 4.98 Å². The maximum atomic E-state index is 12.2. The summed E-state index contributed by atoms with van der Waals surface area (Å²) in [6, 6.07) is 16.8. The van der Waals surface area contributed by atoms with Gasteiger partial charge in [-0.15, -0.1) is 0 Å². The highest BCUT2D eigenvalue weighted by molar-refractivity contribution is 6.30. The number of rotatable bonds is 6.